The second-order valence-electron chi connectivity index (χ2n) is 5.34. The molecule has 118 valence electrons. The van der Waals surface area contributed by atoms with E-state index in [0.717, 1.165) is 34.4 Å². The van der Waals surface area contributed by atoms with Gasteiger partial charge in [0.25, 0.3) is 0 Å². The van der Waals surface area contributed by atoms with Crippen LogP contribution in [0.1, 0.15) is 22.7 Å². The van der Waals surface area contributed by atoms with Gasteiger partial charge in [-0.05, 0) is 32.8 Å². The molecule has 1 fully saturated rings. The average Bonchev–Trinajstić information content (AvgIpc) is 2.99. The van der Waals surface area contributed by atoms with Gasteiger partial charge in [0.1, 0.15) is 22.3 Å². The van der Waals surface area contributed by atoms with Gasteiger partial charge in [0.05, 0.1) is 6.54 Å². The molecule has 1 aliphatic rings. The minimum Gasteiger partial charge on any atom is -0.448 e. The van der Waals surface area contributed by atoms with E-state index < -0.39 is 0 Å². The Hall–Kier alpha value is -1.34. The largest absolute Gasteiger partial charge is 0.448 e. The van der Waals surface area contributed by atoms with Crippen molar-refractivity contribution in [3.05, 3.63) is 16.3 Å². The fourth-order valence-corrected chi connectivity index (χ4v) is 4.67. The molecule has 5 nitrogen and oxygen atoms in total. The van der Waals surface area contributed by atoms with E-state index in [9.17, 15) is 4.79 Å². The van der Waals surface area contributed by atoms with Crippen molar-refractivity contribution in [1.29, 1.82) is 0 Å². The lowest BCUT2D eigenvalue weighted by molar-refractivity contribution is 0.158. The van der Waals surface area contributed by atoms with Gasteiger partial charge in [0.2, 0.25) is 0 Å². The third-order valence-electron chi connectivity index (χ3n) is 3.76. The molecule has 0 bridgehead atoms. The smallest absolute Gasteiger partial charge is 0.409 e. The molecule has 3 rings (SSSR count). The van der Waals surface area contributed by atoms with Crippen LogP contribution in [0.3, 0.4) is 0 Å². The number of aromatic nitrogens is 2. The van der Waals surface area contributed by atoms with E-state index in [1.165, 1.54) is 15.8 Å². The zero-order valence-electron chi connectivity index (χ0n) is 13.0. The summed E-state index contributed by atoms with van der Waals surface area (Å²) in [6.07, 6.45) is 0.751. The quantitative estimate of drug-likeness (QED) is 0.474. The first-order valence-electron chi connectivity index (χ1n) is 7.35. The normalized spacial score (nSPS) is 14.9. The fraction of sp³-hybridized carbons (Fsp3) is 0.533. The third kappa shape index (κ3) is 3.05. The molecule has 2 aromatic heterocycles. The SMILES string of the molecule is Cc1nc(SCCCN2CCOC2=O)c2c(C)c(C)sc2n1. The number of rotatable bonds is 5. The second-order valence-corrected chi connectivity index (χ2v) is 7.63. The highest BCUT2D eigenvalue weighted by Crippen LogP contribution is 2.35. The third-order valence-corrected chi connectivity index (χ3v) is 5.93. The Morgan fingerprint density at radius 1 is 1.32 bits per heavy atom. The number of carbonyl (C=O) groups is 1. The fourth-order valence-electron chi connectivity index (χ4n) is 2.47. The molecule has 22 heavy (non-hydrogen) atoms. The van der Waals surface area contributed by atoms with Crippen molar-refractivity contribution in [1.82, 2.24) is 14.9 Å². The van der Waals surface area contributed by atoms with Gasteiger partial charge in [-0.3, -0.25) is 0 Å². The Kier molecular flexibility index (Phi) is 4.54. The van der Waals surface area contributed by atoms with Crippen LogP contribution in [0.25, 0.3) is 10.2 Å². The summed E-state index contributed by atoms with van der Waals surface area (Å²) in [4.78, 5) is 24.7. The maximum atomic E-state index is 11.4. The first-order valence-corrected chi connectivity index (χ1v) is 9.15. The number of fused-ring (bicyclic) bond motifs is 1. The Morgan fingerprint density at radius 3 is 2.86 bits per heavy atom. The molecule has 7 heteroatoms. The molecule has 0 saturated carbocycles. The number of thiophene rings is 1. The lowest BCUT2D eigenvalue weighted by Crippen LogP contribution is -2.25. The van der Waals surface area contributed by atoms with E-state index >= 15 is 0 Å². The van der Waals surface area contributed by atoms with Crippen molar-refractivity contribution >= 4 is 39.4 Å². The highest BCUT2D eigenvalue weighted by molar-refractivity contribution is 7.99. The Balaban J connectivity index is 1.67. The lowest BCUT2D eigenvalue weighted by atomic mass is 10.2. The van der Waals surface area contributed by atoms with Crippen LogP contribution in [0, 0.1) is 20.8 Å². The summed E-state index contributed by atoms with van der Waals surface area (Å²) in [6, 6.07) is 0. The Morgan fingerprint density at radius 2 is 2.14 bits per heavy atom. The van der Waals surface area contributed by atoms with Gasteiger partial charge in [-0.15, -0.1) is 23.1 Å². The molecular formula is C15H19N3O2S2. The summed E-state index contributed by atoms with van der Waals surface area (Å²) in [5.74, 6) is 1.75. The molecule has 0 atom stereocenters. The maximum Gasteiger partial charge on any atom is 0.409 e. The molecule has 1 saturated heterocycles. The van der Waals surface area contributed by atoms with E-state index in [4.69, 9.17) is 4.74 Å². The van der Waals surface area contributed by atoms with Gasteiger partial charge < -0.3 is 9.64 Å². The molecule has 2 aromatic rings. The van der Waals surface area contributed by atoms with Crippen LogP contribution in [-0.4, -0.2) is 46.4 Å². The second kappa shape index (κ2) is 6.42. The van der Waals surface area contributed by atoms with Crippen molar-refractivity contribution in [3.8, 4) is 0 Å². The summed E-state index contributed by atoms with van der Waals surface area (Å²) in [6.45, 7) is 8.19. The van der Waals surface area contributed by atoms with Gasteiger partial charge in [-0.1, -0.05) is 0 Å². The number of aryl methyl sites for hydroxylation is 3. The molecule has 1 aliphatic heterocycles. The number of carbonyl (C=O) groups excluding carboxylic acids is 1. The number of thioether (sulfide) groups is 1. The van der Waals surface area contributed by atoms with E-state index in [0.29, 0.717) is 13.2 Å². The van der Waals surface area contributed by atoms with Crippen LogP contribution >= 0.6 is 23.1 Å². The van der Waals surface area contributed by atoms with Gasteiger partial charge in [0, 0.05) is 22.6 Å². The summed E-state index contributed by atoms with van der Waals surface area (Å²) in [5, 5.41) is 2.26. The van der Waals surface area contributed by atoms with E-state index in [2.05, 4.69) is 23.8 Å². The molecule has 0 aromatic carbocycles. The Labute approximate surface area is 138 Å². The number of ether oxygens (including phenoxy) is 1. The van der Waals surface area contributed by atoms with Gasteiger partial charge in [0.15, 0.2) is 0 Å². The molecule has 3 heterocycles. The molecule has 0 radical (unpaired) electrons. The molecular weight excluding hydrogens is 318 g/mol. The maximum absolute atomic E-state index is 11.4. The van der Waals surface area contributed by atoms with Crippen LogP contribution in [0.4, 0.5) is 4.79 Å². The lowest BCUT2D eigenvalue weighted by Gasteiger charge is -2.11. The average molecular weight is 337 g/mol. The van der Waals surface area contributed by atoms with Crippen molar-refractivity contribution in [3.63, 3.8) is 0 Å². The van der Waals surface area contributed by atoms with Crippen LogP contribution in [0.15, 0.2) is 5.03 Å². The van der Waals surface area contributed by atoms with Crippen LogP contribution in [-0.2, 0) is 4.74 Å². The topological polar surface area (TPSA) is 55.3 Å². The van der Waals surface area contributed by atoms with E-state index in [1.807, 2.05) is 6.92 Å². The minimum atomic E-state index is -0.186. The van der Waals surface area contributed by atoms with Crippen molar-refractivity contribution in [2.45, 2.75) is 32.2 Å². The number of cyclic esters (lactones) is 1. The Bertz CT molecular complexity index is 714. The minimum absolute atomic E-state index is 0.186. The number of nitrogens with zero attached hydrogens (tertiary/aromatic N) is 3. The predicted octanol–water partition coefficient (Wildman–Crippen LogP) is 3.55. The van der Waals surface area contributed by atoms with E-state index in [-0.39, 0.29) is 6.09 Å². The standard InChI is InChI=1S/C15H19N3O2S2/c1-9-10(2)22-14-12(9)13(16-11(3)17-14)21-8-4-5-18-6-7-20-15(18)19/h4-8H2,1-3H3. The highest BCUT2D eigenvalue weighted by Gasteiger charge is 2.21. The molecule has 0 spiro atoms. The van der Waals surface area contributed by atoms with E-state index in [1.54, 1.807) is 28.0 Å². The van der Waals surface area contributed by atoms with Crippen molar-refractivity contribution in [2.24, 2.45) is 0 Å². The number of hydrogen-bond donors (Lipinski definition) is 0. The summed E-state index contributed by atoms with van der Waals surface area (Å²) in [5.41, 5.74) is 1.28. The monoisotopic (exact) mass is 337 g/mol. The summed E-state index contributed by atoms with van der Waals surface area (Å²) < 4.78 is 4.93. The zero-order chi connectivity index (χ0) is 15.7. The summed E-state index contributed by atoms with van der Waals surface area (Å²) in [7, 11) is 0. The summed E-state index contributed by atoms with van der Waals surface area (Å²) >= 11 is 3.49. The van der Waals surface area contributed by atoms with Crippen molar-refractivity contribution in [2.75, 3.05) is 25.4 Å². The van der Waals surface area contributed by atoms with Crippen molar-refractivity contribution < 1.29 is 9.53 Å². The molecule has 1 amide bonds. The van der Waals surface area contributed by atoms with Gasteiger partial charge in [-0.25, -0.2) is 14.8 Å². The predicted molar refractivity (Wildman–Crippen MR) is 89.9 cm³/mol. The number of hydrogen-bond acceptors (Lipinski definition) is 6. The first-order chi connectivity index (χ1) is 10.6. The highest BCUT2D eigenvalue weighted by atomic mass is 32.2. The number of amides is 1. The van der Waals surface area contributed by atoms with Crippen LogP contribution in [0.5, 0.6) is 0 Å². The zero-order valence-corrected chi connectivity index (χ0v) is 14.6. The van der Waals surface area contributed by atoms with Crippen LogP contribution < -0.4 is 0 Å². The molecule has 0 N–H and O–H groups in total. The molecule has 0 aliphatic carbocycles. The molecule has 0 unspecified atom stereocenters. The first kappa shape index (κ1) is 15.6. The van der Waals surface area contributed by atoms with Crippen LogP contribution in [0.2, 0.25) is 0 Å². The van der Waals surface area contributed by atoms with Gasteiger partial charge >= 0.3 is 6.09 Å². The van der Waals surface area contributed by atoms with Gasteiger partial charge in [-0.2, -0.15) is 0 Å².